The molecule has 2 aromatic carbocycles. The van der Waals surface area contributed by atoms with Gasteiger partial charge in [0, 0.05) is 23.2 Å². The molecule has 0 aliphatic carbocycles. The molecule has 28 heavy (non-hydrogen) atoms. The quantitative estimate of drug-likeness (QED) is 0.420. The first-order valence-corrected chi connectivity index (χ1v) is 9.03. The Kier molecular flexibility index (Phi) is 4.82. The number of nitriles is 1. The first kappa shape index (κ1) is 18.2. The van der Waals surface area contributed by atoms with Gasteiger partial charge in [-0.1, -0.05) is 29.3 Å². The SMILES string of the molecule is COc1cc(Nc2c(C#N)cnc3cc(-c4ccco4)ccc23)c(Cl)cc1Cl. The van der Waals surface area contributed by atoms with E-state index in [4.69, 9.17) is 32.4 Å². The zero-order valence-corrected chi connectivity index (χ0v) is 16.2. The van der Waals surface area contributed by atoms with Crippen molar-refractivity contribution >= 4 is 45.5 Å². The third kappa shape index (κ3) is 3.24. The van der Waals surface area contributed by atoms with E-state index < -0.39 is 0 Å². The number of hydrogen-bond donors (Lipinski definition) is 1. The van der Waals surface area contributed by atoms with Crippen LogP contribution in [0, 0.1) is 11.3 Å². The Bertz CT molecular complexity index is 1210. The van der Waals surface area contributed by atoms with Crippen LogP contribution in [0.1, 0.15) is 5.56 Å². The fourth-order valence-electron chi connectivity index (χ4n) is 2.93. The van der Waals surface area contributed by atoms with Crippen LogP contribution in [0.25, 0.3) is 22.2 Å². The highest BCUT2D eigenvalue weighted by molar-refractivity contribution is 6.37. The Hall–Kier alpha value is -3.20. The van der Waals surface area contributed by atoms with Crippen molar-refractivity contribution in [1.82, 2.24) is 4.98 Å². The second-order valence-corrected chi connectivity index (χ2v) is 6.77. The summed E-state index contributed by atoms with van der Waals surface area (Å²) in [6.45, 7) is 0. The van der Waals surface area contributed by atoms with E-state index in [-0.39, 0.29) is 0 Å². The van der Waals surface area contributed by atoms with Crippen LogP contribution in [-0.2, 0) is 0 Å². The molecule has 138 valence electrons. The number of furan rings is 1. The molecule has 0 aliphatic rings. The van der Waals surface area contributed by atoms with E-state index in [0.717, 1.165) is 16.7 Å². The molecule has 0 radical (unpaired) electrons. The maximum absolute atomic E-state index is 9.55. The minimum absolute atomic E-state index is 0.392. The number of hydrogen-bond acceptors (Lipinski definition) is 5. The highest BCUT2D eigenvalue weighted by atomic mass is 35.5. The van der Waals surface area contributed by atoms with E-state index in [1.165, 1.54) is 13.3 Å². The second-order valence-electron chi connectivity index (χ2n) is 5.96. The van der Waals surface area contributed by atoms with Crippen molar-refractivity contribution in [2.24, 2.45) is 0 Å². The Morgan fingerprint density at radius 3 is 2.71 bits per heavy atom. The highest BCUT2D eigenvalue weighted by Gasteiger charge is 2.14. The fraction of sp³-hybridized carbons (Fsp3) is 0.0476. The predicted octanol–water partition coefficient (Wildman–Crippen LogP) is 6.43. The summed E-state index contributed by atoms with van der Waals surface area (Å²) < 4.78 is 10.7. The Labute approximate surface area is 171 Å². The van der Waals surface area contributed by atoms with E-state index >= 15 is 0 Å². The number of nitrogens with zero attached hydrogens (tertiary/aromatic N) is 2. The zero-order chi connectivity index (χ0) is 19.7. The van der Waals surface area contributed by atoms with Gasteiger partial charge in [0.15, 0.2) is 0 Å². The highest BCUT2D eigenvalue weighted by Crippen LogP contribution is 2.38. The Balaban J connectivity index is 1.85. The average Bonchev–Trinajstić information content (AvgIpc) is 3.24. The van der Waals surface area contributed by atoms with Gasteiger partial charge in [-0.15, -0.1) is 0 Å². The summed E-state index contributed by atoms with van der Waals surface area (Å²) in [6.07, 6.45) is 3.15. The van der Waals surface area contributed by atoms with E-state index in [1.54, 1.807) is 18.4 Å². The number of fused-ring (bicyclic) bond motifs is 1. The van der Waals surface area contributed by atoms with E-state index in [1.807, 2.05) is 30.3 Å². The molecule has 0 unspecified atom stereocenters. The monoisotopic (exact) mass is 409 g/mol. The van der Waals surface area contributed by atoms with Gasteiger partial charge in [-0.2, -0.15) is 5.26 Å². The molecular weight excluding hydrogens is 397 g/mol. The van der Waals surface area contributed by atoms with Crippen molar-refractivity contribution in [1.29, 1.82) is 5.26 Å². The minimum Gasteiger partial charge on any atom is -0.495 e. The molecule has 0 amide bonds. The van der Waals surface area contributed by atoms with Crippen LogP contribution in [0.5, 0.6) is 5.75 Å². The van der Waals surface area contributed by atoms with Gasteiger partial charge in [0.2, 0.25) is 0 Å². The molecule has 2 aromatic heterocycles. The van der Waals surface area contributed by atoms with Crippen molar-refractivity contribution in [3.63, 3.8) is 0 Å². The average molecular weight is 410 g/mol. The number of aromatic nitrogens is 1. The number of methoxy groups -OCH3 is 1. The largest absolute Gasteiger partial charge is 0.495 e. The standard InChI is InChI=1S/C21H13Cl2N3O2/c1-27-20-9-18(15(22)8-16(20)23)26-21-13(10-24)11-25-17-7-12(4-5-14(17)21)19-3-2-6-28-19/h2-9,11H,1H3,(H,25,26). The molecule has 1 N–H and O–H groups in total. The van der Waals surface area contributed by atoms with Crippen molar-refractivity contribution in [3.8, 4) is 23.1 Å². The summed E-state index contributed by atoms with van der Waals surface area (Å²) >= 11 is 12.5. The van der Waals surface area contributed by atoms with Gasteiger partial charge in [0.25, 0.3) is 0 Å². The lowest BCUT2D eigenvalue weighted by Crippen LogP contribution is -1.98. The molecule has 0 bridgehead atoms. The van der Waals surface area contributed by atoms with Gasteiger partial charge in [0.1, 0.15) is 17.6 Å². The van der Waals surface area contributed by atoms with Gasteiger partial charge in [-0.05, 0) is 30.3 Å². The smallest absolute Gasteiger partial charge is 0.139 e. The van der Waals surface area contributed by atoms with E-state index in [2.05, 4.69) is 16.4 Å². The fourth-order valence-corrected chi connectivity index (χ4v) is 3.43. The topological polar surface area (TPSA) is 71.1 Å². The van der Waals surface area contributed by atoms with Gasteiger partial charge >= 0.3 is 0 Å². The molecule has 4 rings (SSSR count). The van der Waals surface area contributed by atoms with Crippen LogP contribution in [-0.4, -0.2) is 12.1 Å². The number of nitrogens with one attached hydrogen (secondary N) is 1. The number of halogens is 2. The molecule has 0 aliphatic heterocycles. The molecule has 4 aromatic rings. The lowest BCUT2D eigenvalue weighted by molar-refractivity contribution is 0.415. The van der Waals surface area contributed by atoms with Crippen LogP contribution in [0.2, 0.25) is 10.0 Å². The van der Waals surface area contributed by atoms with Crippen LogP contribution in [0.15, 0.2) is 59.3 Å². The maximum Gasteiger partial charge on any atom is 0.139 e. The number of ether oxygens (including phenoxy) is 1. The second kappa shape index (κ2) is 7.43. The van der Waals surface area contributed by atoms with Gasteiger partial charge in [-0.25, -0.2) is 0 Å². The molecule has 0 atom stereocenters. The van der Waals surface area contributed by atoms with Gasteiger partial charge in [-0.3, -0.25) is 4.98 Å². The van der Waals surface area contributed by atoms with E-state index in [0.29, 0.717) is 38.2 Å². The molecule has 0 spiro atoms. The minimum atomic E-state index is 0.392. The van der Waals surface area contributed by atoms with Gasteiger partial charge in [0.05, 0.1) is 45.9 Å². The summed E-state index contributed by atoms with van der Waals surface area (Å²) in [5.41, 5.74) is 3.18. The Morgan fingerprint density at radius 1 is 1.14 bits per heavy atom. The molecular formula is C21H13Cl2N3O2. The van der Waals surface area contributed by atoms with Crippen LogP contribution in [0.4, 0.5) is 11.4 Å². The third-order valence-corrected chi connectivity index (χ3v) is 4.90. The zero-order valence-electron chi connectivity index (χ0n) is 14.7. The lowest BCUT2D eigenvalue weighted by atomic mass is 10.1. The normalized spacial score (nSPS) is 10.6. The number of rotatable bonds is 4. The molecule has 2 heterocycles. The molecule has 0 fully saturated rings. The number of anilines is 2. The van der Waals surface area contributed by atoms with Crippen molar-refractivity contribution in [3.05, 3.63) is 70.5 Å². The number of pyridine rings is 1. The molecule has 7 heteroatoms. The van der Waals surface area contributed by atoms with Crippen molar-refractivity contribution in [2.45, 2.75) is 0 Å². The summed E-state index contributed by atoms with van der Waals surface area (Å²) in [4.78, 5) is 4.41. The molecule has 0 saturated heterocycles. The summed E-state index contributed by atoms with van der Waals surface area (Å²) in [6, 6.07) is 14.9. The van der Waals surface area contributed by atoms with Crippen molar-refractivity contribution < 1.29 is 9.15 Å². The van der Waals surface area contributed by atoms with Gasteiger partial charge < -0.3 is 14.5 Å². The first-order chi connectivity index (χ1) is 13.6. The summed E-state index contributed by atoms with van der Waals surface area (Å²) in [5, 5.41) is 14.4. The lowest BCUT2D eigenvalue weighted by Gasteiger charge is -2.15. The van der Waals surface area contributed by atoms with Crippen LogP contribution >= 0.6 is 23.2 Å². The molecule has 0 saturated carbocycles. The van der Waals surface area contributed by atoms with Crippen molar-refractivity contribution in [2.75, 3.05) is 12.4 Å². The first-order valence-electron chi connectivity index (χ1n) is 8.27. The maximum atomic E-state index is 9.55. The third-order valence-electron chi connectivity index (χ3n) is 4.30. The molecule has 5 nitrogen and oxygen atoms in total. The van der Waals surface area contributed by atoms with Crippen LogP contribution < -0.4 is 10.1 Å². The summed E-state index contributed by atoms with van der Waals surface area (Å²) in [7, 11) is 1.53. The number of benzene rings is 2. The summed E-state index contributed by atoms with van der Waals surface area (Å²) in [5.74, 6) is 1.22. The Morgan fingerprint density at radius 2 is 2.00 bits per heavy atom. The van der Waals surface area contributed by atoms with E-state index in [9.17, 15) is 5.26 Å². The van der Waals surface area contributed by atoms with Crippen LogP contribution in [0.3, 0.4) is 0 Å². The predicted molar refractivity (Wildman–Crippen MR) is 110 cm³/mol.